The minimum absolute atomic E-state index is 0.180. The quantitative estimate of drug-likeness (QED) is 0.608. The van der Waals surface area contributed by atoms with Gasteiger partial charge in [-0.15, -0.1) is 0 Å². The average Bonchev–Trinajstić information content (AvgIpc) is 3.09. The molecule has 4 heteroatoms. The number of rotatable bonds is 4. The summed E-state index contributed by atoms with van der Waals surface area (Å²) in [4.78, 5) is 0. The van der Waals surface area contributed by atoms with Gasteiger partial charge in [0.2, 0.25) is 0 Å². The van der Waals surface area contributed by atoms with Crippen LogP contribution in [0, 0.1) is 5.92 Å². The second-order valence-corrected chi connectivity index (χ2v) is 7.58. The summed E-state index contributed by atoms with van der Waals surface area (Å²) in [5, 5.41) is 5.10. The maximum Gasteiger partial charge on any atom is 0.119 e. The van der Waals surface area contributed by atoms with E-state index in [1.165, 1.54) is 5.56 Å². The highest BCUT2D eigenvalue weighted by Gasteiger charge is 2.38. The molecule has 3 atom stereocenters. The van der Waals surface area contributed by atoms with Gasteiger partial charge in [-0.25, -0.2) is 0 Å². The van der Waals surface area contributed by atoms with E-state index in [0.717, 1.165) is 41.5 Å². The van der Waals surface area contributed by atoms with Gasteiger partial charge in [0.25, 0.3) is 0 Å². The molecule has 1 aliphatic heterocycles. The molecule has 0 bridgehead atoms. The predicted molar refractivity (Wildman–Crippen MR) is 105 cm³/mol. The third kappa shape index (κ3) is 3.14. The first-order valence-electron chi connectivity index (χ1n) is 8.82. The van der Waals surface area contributed by atoms with Crippen LogP contribution in [-0.4, -0.2) is 6.61 Å². The van der Waals surface area contributed by atoms with Crippen molar-refractivity contribution in [3.8, 4) is 5.75 Å². The van der Waals surface area contributed by atoms with Crippen LogP contribution in [0.4, 0.5) is 5.69 Å². The normalized spacial score (nSPS) is 23.7. The zero-order valence-corrected chi connectivity index (χ0v) is 15.6. The Bertz CT molecular complexity index is 818. The molecule has 0 fully saturated rings. The number of ether oxygens (including phenoxy) is 1. The summed E-state index contributed by atoms with van der Waals surface area (Å²) < 4.78 is 5.83. The zero-order chi connectivity index (χ0) is 17.4. The largest absolute Gasteiger partial charge is 0.494 e. The third-order valence-electron chi connectivity index (χ3n) is 5.10. The van der Waals surface area contributed by atoms with Gasteiger partial charge >= 0.3 is 0 Å². The van der Waals surface area contributed by atoms with Gasteiger partial charge in [-0.1, -0.05) is 48.3 Å². The highest BCUT2D eigenvalue weighted by Crippen LogP contribution is 2.51. The molecule has 130 valence electrons. The molecular formula is C21H21Cl2NO. The summed E-state index contributed by atoms with van der Waals surface area (Å²) in [6.07, 6.45) is 6.66. The van der Waals surface area contributed by atoms with Crippen LogP contribution in [0.15, 0.2) is 48.6 Å². The van der Waals surface area contributed by atoms with E-state index in [-0.39, 0.29) is 6.04 Å². The lowest BCUT2D eigenvalue weighted by Gasteiger charge is -2.38. The molecule has 25 heavy (non-hydrogen) atoms. The highest BCUT2D eigenvalue weighted by atomic mass is 35.5. The van der Waals surface area contributed by atoms with Gasteiger partial charge in [-0.05, 0) is 60.2 Å². The number of anilines is 1. The van der Waals surface area contributed by atoms with E-state index in [9.17, 15) is 0 Å². The summed E-state index contributed by atoms with van der Waals surface area (Å²) in [5.74, 6) is 1.79. The molecule has 2 aliphatic rings. The number of nitrogens with one attached hydrogen (secondary N) is 1. The minimum atomic E-state index is 0.180. The molecule has 4 rings (SSSR count). The summed E-state index contributed by atoms with van der Waals surface area (Å²) in [6, 6.07) is 12.3. The Morgan fingerprint density at radius 3 is 2.80 bits per heavy atom. The van der Waals surface area contributed by atoms with E-state index in [1.807, 2.05) is 24.3 Å². The number of allylic oxidation sites excluding steroid dienone is 2. The molecule has 0 radical (unpaired) electrons. The van der Waals surface area contributed by atoms with Crippen LogP contribution in [0.2, 0.25) is 10.0 Å². The van der Waals surface area contributed by atoms with Crippen LogP contribution in [0.1, 0.15) is 42.9 Å². The summed E-state index contributed by atoms with van der Waals surface area (Å²) >= 11 is 12.6. The molecule has 0 saturated heterocycles. The van der Waals surface area contributed by atoms with E-state index < -0.39 is 0 Å². The molecule has 0 spiro atoms. The Morgan fingerprint density at radius 1 is 1.12 bits per heavy atom. The molecule has 1 aliphatic carbocycles. The molecule has 2 nitrogen and oxygen atoms in total. The Balaban J connectivity index is 1.71. The maximum atomic E-state index is 6.50. The van der Waals surface area contributed by atoms with Gasteiger partial charge in [0, 0.05) is 21.7 Å². The van der Waals surface area contributed by atoms with E-state index in [1.54, 1.807) is 0 Å². The summed E-state index contributed by atoms with van der Waals surface area (Å²) in [6.45, 7) is 2.87. The van der Waals surface area contributed by atoms with Crippen LogP contribution in [-0.2, 0) is 0 Å². The molecule has 1 heterocycles. The van der Waals surface area contributed by atoms with Crippen molar-refractivity contribution in [1.82, 2.24) is 0 Å². The molecule has 3 unspecified atom stereocenters. The van der Waals surface area contributed by atoms with Crippen LogP contribution < -0.4 is 10.1 Å². The molecular weight excluding hydrogens is 353 g/mol. The highest BCUT2D eigenvalue weighted by molar-refractivity contribution is 6.35. The Hall–Kier alpha value is -1.64. The fourth-order valence-electron chi connectivity index (χ4n) is 3.94. The van der Waals surface area contributed by atoms with Crippen molar-refractivity contribution in [3.63, 3.8) is 0 Å². The van der Waals surface area contributed by atoms with E-state index in [2.05, 4.69) is 36.5 Å². The summed E-state index contributed by atoms with van der Waals surface area (Å²) in [5.41, 5.74) is 3.59. The number of benzene rings is 2. The topological polar surface area (TPSA) is 21.3 Å². The minimum Gasteiger partial charge on any atom is -0.494 e. The lowest BCUT2D eigenvalue weighted by molar-refractivity contribution is 0.316. The summed E-state index contributed by atoms with van der Waals surface area (Å²) in [7, 11) is 0. The monoisotopic (exact) mass is 373 g/mol. The number of hydrogen-bond acceptors (Lipinski definition) is 2. The molecule has 0 aromatic heterocycles. The smallest absolute Gasteiger partial charge is 0.119 e. The van der Waals surface area contributed by atoms with Crippen molar-refractivity contribution >= 4 is 28.9 Å². The van der Waals surface area contributed by atoms with Crippen LogP contribution in [0.3, 0.4) is 0 Å². The van der Waals surface area contributed by atoms with Crippen molar-refractivity contribution in [2.75, 3.05) is 11.9 Å². The Kier molecular flexibility index (Phi) is 4.66. The standard InChI is InChI=1S/C21H21Cl2NO/c1-2-10-25-14-7-9-20-18(12-14)15-4-3-5-16(15)21(24-20)17-8-6-13(22)11-19(17)23/h3-4,6-9,11-12,15-16,21,24H,2,5,10H2,1H3. The third-order valence-corrected chi connectivity index (χ3v) is 5.67. The van der Waals surface area contributed by atoms with Crippen molar-refractivity contribution in [2.24, 2.45) is 5.92 Å². The van der Waals surface area contributed by atoms with Gasteiger partial charge in [0.05, 0.1) is 12.6 Å². The second-order valence-electron chi connectivity index (χ2n) is 6.74. The first kappa shape index (κ1) is 16.8. The zero-order valence-electron chi connectivity index (χ0n) is 14.1. The number of hydrogen-bond donors (Lipinski definition) is 1. The van der Waals surface area contributed by atoms with Crippen molar-refractivity contribution in [1.29, 1.82) is 0 Å². The molecule has 2 aromatic rings. The fraction of sp³-hybridized carbons (Fsp3) is 0.333. The van der Waals surface area contributed by atoms with Gasteiger partial charge in [-0.2, -0.15) is 0 Å². The Morgan fingerprint density at radius 2 is 2.00 bits per heavy atom. The van der Waals surface area contributed by atoms with Crippen molar-refractivity contribution < 1.29 is 4.74 Å². The van der Waals surface area contributed by atoms with Crippen LogP contribution in [0.25, 0.3) is 0 Å². The van der Waals surface area contributed by atoms with E-state index >= 15 is 0 Å². The molecule has 1 N–H and O–H groups in total. The van der Waals surface area contributed by atoms with Gasteiger partial charge in [0.15, 0.2) is 0 Å². The lowest BCUT2D eigenvalue weighted by Crippen LogP contribution is -2.29. The average molecular weight is 374 g/mol. The first-order valence-corrected chi connectivity index (χ1v) is 9.58. The molecule has 0 saturated carbocycles. The van der Waals surface area contributed by atoms with E-state index in [4.69, 9.17) is 27.9 Å². The van der Waals surface area contributed by atoms with Gasteiger partial charge < -0.3 is 10.1 Å². The second kappa shape index (κ2) is 6.93. The van der Waals surface area contributed by atoms with Gasteiger partial charge in [-0.3, -0.25) is 0 Å². The predicted octanol–water partition coefficient (Wildman–Crippen LogP) is 6.61. The van der Waals surface area contributed by atoms with Crippen LogP contribution in [0.5, 0.6) is 5.75 Å². The first-order chi connectivity index (χ1) is 12.2. The molecule has 2 aromatic carbocycles. The van der Waals surface area contributed by atoms with Crippen LogP contribution >= 0.6 is 23.2 Å². The number of halogens is 2. The maximum absolute atomic E-state index is 6.50. The van der Waals surface area contributed by atoms with Gasteiger partial charge in [0.1, 0.15) is 5.75 Å². The van der Waals surface area contributed by atoms with Crippen molar-refractivity contribution in [2.45, 2.75) is 31.7 Å². The SMILES string of the molecule is CCCOc1ccc2c(c1)C1C=CCC1C(c1ccc(Cl)cc1Cl)N2. The Labute approximate surface area is 158 Å². The fourth-order valence-corrected chi connectivity index (χ4v) is 4.47. The number of fused-ring (bicyclic) bond motifs is 3. The van der Waals surface area contributed by atoms with E-state index in [0.29, 0.717) is 16.9 Å². The lowest BCUT2D eigenvalue weighted by atomic mass is 9.77. The molecule has 0 amide bonds. The van der Waals surface area contributed by atoms with Crippen molar-refractivity contribution in [3.05, 3.63) is 69.7 Å².